The van der Waals surface area contributed by atoms with Crippen LogP contribution >= 0.6 is 0 Å². The standard InChI is InChI=1S/C4H17N7/c5-2(6)1(3(7)8)4(9)11-10/h1-4,11H,5-10H2. The van der Waals surface area contributed by atoms with Gasteiger partial charge in [0.15, 0.2) is 0 Å². The maximum Gasteiger partial charge on any atom is 0.0760 e. The Bertz CT molecular complexity index is 94.6. The van der Waals surface area contributed by atoms with Crippen molar-refractivity contribution in [3.05, 3.63) is 0 Å². The normalized spacial score (nSPS) is 15.0. The van der Waals surface area contributed by atoms with Gasteiger partial charge in [-0.25, -0.2) is 5.43 Å². The summed E-state index contributed by atoms with van der Waals surface area (Å²) in [5, 5.41) is 0. The summed E-state index contributed by atoms with van der Waals surface area (Å²) in [5.74, 6) is 4.61. The van der Waals surface area contributed by atoms with E-state index >= 15 is 0 Å². The number of hydrogen-bond acceptors (Lipinski definition) is 7. The largest absolute Gasteiger partial charge is 0.316 e. The first-order valence-corrected chi connectivity index (χ1v) is 3.24. The molecule has 0 radical (unpaired) electrons. The molecule has 0 heterocycles. The van der Waals surface area contributed by atoms with Crippen molar-refractivity contribution in [2.75, 3.05) is 0 Å². The minimum absolute atomic E-state index is 0.444. The quantitative estimate of drug-likeness (QED) is 0.125. The van der Waals surface area contributed by atoms with E-state index in [0.29, 0.717) is 0 Å². The predicted molar refractivity (Wildman–Crippen MR) is 43.1 cm³/mol. The summed E-state index contributed by atoms with van der Waals surface area (Å²) in [5.41, 5.74) is 29.2. The molecule has 0 rings (SSSR count). The summed E-state index contributed by atoms with van der Waals surface area (Å²) in [6, 6.07) is 0. The van der Waals surface area contributed by atoms with Crippen molar-refractivity contribution < 1.29 is 0 Å². The molecule has 0 saturated heterocycles. The highest BCUT2D eigenvalue weighted by molar-refractivity contribution is 4.81. The third-order valence-electron chi connectivity index (χ3n) is 1.50. The summed E-state index contributed by atoms with van der Waals surface area (Å²) < 4.78 is 0. The second-order valence-corrected chi connectivity index (χ2v) is 2.42. The van der Waals surface area contributed by atoms with Gasteiger partial charge in [0.25, 0.3) is 0 Å². The molecule has 0 aromatic carbocycles. The molecule has 0 aliphatic heterocycles. The van der Waals surface area contributed by atoms with E-state index in [1.807, 2.05) is 0 Å². The molecule has 7 heteroatoms. The molecule has 0 bridgehead atoms. The smallest absolute Gasteiger partial charge is 0.0760 e. The van der Waals surface area contributed by atoms with E-state index in [4.69, 9.17) is 34.5 Å². The lowest BCUT2D eigenvalue weighted by molar-refractivity contribution is 0.268. The Balaban J connectivity index is 4.09. The molecule has 0 amide bonds. The average Bonchev–Trinajstić information content (AvgIpc) is 1.85. The summed E-state index contributed by atoms with van der Waals surface area (Å²) in [7, 11) is 0. The van der Waals surface area contributed by atoms with Crippen LogP contribution in [0.5, 0.6) is 0 Å². The van der Waals surface area contributed by atoms with Gasteiger partial charge in [0.1, 0.15) is 0 Å². The van der Waals surface area contributed by atoms with Gasteiger partial charge in [0.2, 0.25) is 0 Å². The van der Waals surface area contributed by atoms with Crippen LogP contribution in [0.25, 0.3) is 0 Å². The van der Waals surface area contributed by atoms with Gasteiger partial charge in [-0.1, -0.05) is 0 Å². The molecule has 0 aromatic heterocycles. The summed E-state index contributed by atoms with van der Waals surface area (Å²) >= 11 is 0. The highest BCUT2D eigenvalue weighted by Crippen LogP contribution is 2.00. The molecule has 0 saturated carbocycles. The van der Waals surface area contributed by atoms with Crippen LogP contribution in [0.2, 0.25) is 0 Å². The van der Waals surface area contributed by atoms with Crippen molar-refractivity contribution in [3.8, 4) is 0 Å². The van der Waals surface area contributed by atoms with E-state index in [1.165, 1.54) is 0 Å². The Kier molecular flexibility index (Phi) is 4.45. The Morgan fingerprint density at radius 1 is 0.818 bits per heavy atom. The number of nitrogens with two attached hydrogens (primary N) is 6. The lowest BCUT2D eigenvalue weighted by atomic mass is 10.0. The number of hydrogen-bond donors (Lipinski definition) is 7. The van der Waals surface area contributed by atoms with Gasteiger partial charge in [-0.2, -0.15) is 0 Å². The van der Waals surface area contributed by atoms with E-state index in [2.05, 4.69) is 5.43 Å². The molecule has 0 aliphatic rings. The summed E-state index contributed by atoms with van der Waals surface area (Å²) in [4.78, 5) is 0. The van der Waals surface area contributed by atoms with E-state index in [9.17, 15) is 0 Å². The molecule has 7 nitrogen and oxygen atoms in total. The van der Waals surface area contributed by atoms with Crippen LogP contribution in [0, 0.1) is 5.92 Å². The van der Waals surface area contributed by atoms with Gasteiger partial charge < -0.3 is 28.7 Å². The van der Waals surface area contributed by atoms with E-state index in [0.717, 1.165) is 0 Å². The molecule has 11 heavy (non-hydrogen) atoms. The minimum Gasteiger partial charge on any atom is -0.316 e. The van der Waals surface area contributed by atoms with E-state index in [1.54, 1.807) is 0 Å². The summed E-state index contributed by atoms with van der Waals surface area (Å²) in [6.07, 6.45) is -1.95. The number of rotatable bonds is 4. The highest BCUT2D eigenvalue weighted by Gasteiger charge is 2.25. The zero-order valence-corrected chi connectivity index (χ0v) is 6.27. The fourth-order valence-electron chi connectivity index (χ4n) is 0.847. The fraction of sp³-hybridized carbons (Fsp3) is 1.00. The summed E-state index contributed by atoms with van der Waals surface area (Å²) in [6.45, 7) is 0. The van der Waals surface area contributed by atoms with Gasteiger partial charge in [0, 0.05) is 5.92 Å². The van der Waals surface area contributed by atoms with Crippen molar-refractivity contribution in [1.29, 1.82) is 0 Å². The second-order valence-electron chi connectivity index (χ2n) is 2.42. The van der Waals surface area contributed by atoms with Crippen LogP contribution in [-0.4, -0.2) is 18.5 Å². The Morgan fingerprint density at radius 3 is 1.27 bits per heavy atom. The predicted octanol–water partition coefficient (Wildman–Crippen LogP) is -4.16. The van der Waals surface area contributed by atoms with Crippen molar-refractivity contribution in [3.63, 3.8) is 0 Å². The Hall–Kier alpha value is -0.280. The zero-order valence-electron chi connectivity index (χ0n) is 6.27. The number of nitrogens with one attached hydrogen (secondary N) is 1. The van der Waals surface area contributed by atoms with Crippen LogP contribution in [0.3, 0.4) is 0 Å². The van der Waals surface area contributed by atoms with Gasteiger partial charge in [0.05, 0.1) is 18.5 Å². The third-order valence-corrected chi connectivity index (χ3v) is 1.50. The van der Waals surface area contributed by atoms with Gasteiger partial charge >= 0.3 is 0 Å². The first-order chi connectivity index (χ1) is 5.00. The second kappa shape index (κ2) is 4.57. The minimum atomic E-state index is -0.680. The van der Waals surface area contributed by atoms with Crippen LogP contribution in [-0.2, 0) is 0 Å². The third kappa shape index (κ3) is 3.08. The topological polar surface area (TPSA) is 168 Å². The molecule has 1 atom stereocenters. The molecule has 0 spiro atoms. The molecular formula is C4H17N7. The molecule has 1 unspecified atom stereocenters. The zero-order chi connectivity index (χ0) is 9.02. The Labute approximate surface area is 65.4 Å². The van der Waals surface area contributed by atoms with Crippen molar-refractivity contribution in [2.24, 2.45) is 40.4 Å². The highest BCUT2D eigenvalue weighted by atomic mass is 15.3. The maximum absolute atomic E-state index is 5.46. The lowest BCUT2D eigenvalue weighted by Gasteiger charge is -2.28. The van der Waals surface area contributed by atoms with Crippen LogP contribution in [0.1, 0.15) is 0 Å². The van der Waals surface area contributed by atoms with E-state index in [-0.39, 0.29) is 0 Å². The van der Waals surface area contributed by atoms with Gasteiger partial charge in [-0.3, -0.25) is 5.84 Å². The first-order valence-electron chi connectivity index (χ1n) is 3.24. The SMILES string of the molecule is NNC(N)C(C(N)N)C(N)N. The molecule has 68 valence electrons. The van der Waals surface area contributed by atoms with Crippen LogP contribution < -0.4 is 39.9 Å². The molecule has 13 N–H and O–H groups in total. The lowest BCUT2D eigenvalue weighted by Crippen LogP contribution is -2.63. The fourth-order valence-corrected chi connectivity index (χ4v) is 0.847. The van der Waals surface area contributed by atoms with Gasteiger partial charge in [-0.05, 0) is 0 Å². The number of hydrazine groups is 1. The van der Waals surface area contributed by atoms with E-state index < -0.39 is 24.4 Å². The molecule has 0 aromatic rings. The Morgan fingerprint density at radius 2 is 1.18 bits per heavy atom. The first kappa shape index (κ1) is 10.7. The molecule has 0 aliphatic carbocycles. The van der Waals surface area contributed by atoms with Gasteiger partial charge in [-0.15, -0.1) is 0 Å². The van der Waals surface area contributed by atoms with Crippen LogP contribution in [0.15, 0.2) is 0 Å². The molecule has 0 fully saturated rings. The molecular weight excluding hydrogens is 146 g/mol. The van der Waals surface area contributed by atoms with Crippen molar-refractivity contribution in [2.45, 2.75) is 18.5 Å². The van der Waals surface area contributed by atoms with Crippen molar-refractivity contribution in [1.82, 2.24) is 5.43 Å². The van der Waals surface area contributed by atoms with Crippen molar-refractivity contribution >= 4 is 0 Å². The monoisotopic (exact) mass is 163 g/mol. The van der Waals surface area contributed by atoms with Crippen LogP contribution in [0.4, 0.5) is 0 Å². The average molecular weight is 163 g/mol. The maximum atomic E-state index is 5.46.